The van der Waals surface area contributed by atoms with Crippen LogP contribution in [0.2, 0.25) is 5.02 Å². The Hall–Kier alpha value is -0.710. The van der Waals surface area contributed by atoms with Crippen molar-refractivity contribution in [2.24, 2.45) is 0 Å². The lowest BCUT2D eigenvalue weighted by Crippen LogP contribution is -2.25. The van der Waals surface area contributed by atoms with Crippen LogP contribution in [0.4, 0.5) is 0 Å². The van der Waals surface area contributed by atoms with Crippen LogP contribution in [-0.2, 0) is 10.8 Å². The van der Waals surface area contributed by atoms with Crippen molar-refractivity contribution in [2.75, 3.05) is 5.75 Å². The largest absolute Gasteiger partial charge is 0.291 e. The van der Waals surface area contributed by atoms with E-state index in [4.69, 9.17) is 23.2 Å². The van der Waals surface area contributed by atoms with Crippen LogP contribution in [0, 0.1) is 0 Å². The highest BCUT2D eigenvalue weighted by molar-refractivity contribution is 8.01. The van der Waals surface area contributed by atoms with E-state index in [1.54, 1.807) is 24.4 Å². The molecular formula is C13H15Cl2N3S. The van der Waals surface area contributed by atoms with Gasteiger partial charge in [0.25, 0.3) is 0 Å². The maximum atomic E-state index is 6.77. The monoisotopic (exact) mass is 315 g/mol. The van der Waals surface area contributed by atoms with Crippen LogP contribution >= 0.6 is 35.0 Å². The molecule has 6 heteroatoms. The summed E-state index contributed by atoms with van der Waals surface area (Å²) in [5.74, 6) is 0.981. The maximum Gasteiger partial charge on any atom is 0.171 e. The van der Waals surface area contributed by atoms with Gasteiger partial charge in [-0.25, -0.2) is 0 Å². The second kappa shape index (κ2) is 6.64. The van der Waals surface area contributed by atoms with Crippen LogP contribution in [-0.4, -0.2) is 20.5 Å². The molecular weight excluding hydrogens is 301 g/mol. The van der Waals surface area contributed by atoms with E-state index in [1.165, 1.54) is 0 Å². The van der Waals surface area contributed by atoms with Crippen molar-refractivity contribution < 1.29 is 0 Å². The van der Waals surface area contributed by atoms with Crippen molar-refractivity contribution in [1.82, 2.24) is 14.8 Å². The Labute approximate surface area is 127 Å². The van der Waals surface area contributed by atoms with Gasteiger partial charge in [-0.1, -0.05) is 42.3 Å². The van der Waals surface area contributed by atoms with Gasteiger partial charge in [0.15, 0.2) is 4.33 Å². The molecule has 0 saturated carbocycles. The molecule has 0 aliphatic heterocycles. The molecule has 0 aliphatic rings. The van der Waals surface area contributed by atoms with Crippen LogP contribution in [0.15, 0.2) is 36.9 Å². The molecule has 0 amide bonds. The van der Waals surface area contributed by atoms with Gasteiger partial charge in [-0.15, -0.1) is 22.0 Å². The highest BCUT2D eigenvalue weighted by atomic mass is 35.5. The quantitative estimate of drug-likeness (QED) is 0.750. The first-order chi connectivity index (χ1) is 9.14. The molecule has 0 bridgehead atoms. The van der Waals surface area contributed by atoms with Crippen LogP contribution in [0.1, 0.15) is 18.9 Å². The summed E-state index contributed by atoms with van der Waals surface area (Å²) in [5, 5.41) is 8.42. The van der Waals surface area contributed by atoms with Crippen LogP contribution < -0.4 is 0 Å². The number of nitrogens with zero attached hydrogens (tertiary/aromatic N) is 3. The fourth-order valence-corrected chi connectivity index (χ4v) is 3.33. The third kappa shape index (κ3) is 3.88. The molecule has 3 nitrogen and oxygen atoms in total. The summed E-state index contributed by atoms with van der Waals surface area (Å²) in [7, 11) is 0. The average Bonchev–Trinajstić information content (AvgIpc) is 2.94. The predicted octanol–water partition coefficient (Wildman–Crippen LogP) is 4.17. The first kappa shape index (κ1) is 14.7. The fourth-order valence-electron chi connectivity index (χ4n) is 1.70. The summed E-state index contributed by atoms with van der Waals surface area (Å²) < 4.78 is 1.26. The Kier molecular flexibility index (Phi) is 5.13. The molecule has 1 aromatic heterocycles. The van der Waals surface area contributed by atoms with Gasteiger partial charge in [0.1, 0.15) is 12.7 Å². The molecule has 0 aliphatic carbocycles. The molecule has 2 aromatic rings. The number of halogens is 2. The van der Waals surface area contributed by atoms with Crippen LogP contribution in [0.3, 0.4) is 0 Å². The minimum Gasteiger partial charge on any atom is -0.291 e. The molecule has 1 aromatic carbocycles. The summed E-state index contributed by atoms with van der Waals surface area (Å²) in [6, 6.07) is 7.75. The smallest absolute Gasteiger partial charge is 0.171 e. The number of hydrogen-bond acceptors (Lipinski definition) is 3. The third-order valence-electron chi connectivity index (χ3n) is 2.67. The topological polar surface area (TPSA) is 30.7 Å². The standard InChI is InChI=1S/C13H15Cl2N3S/c1-2-7-19-13(15,18-9-16-17-10-18)8-11-3-5-12(14)6-4-11/h3-6,9-10H,2,7-8H2,1H3. The Balaban J connectivity index is 2.20. The Bertz CT molecular complexity index is 501. The van der Waals surface area contributed by atoms with Gasteiger partial charge in [0.05, 0.1) is 0 Å². The Morgan fingerprint density at radius 2 is 1.84 bits per heavy atom. The van der Waals surface area contributed by atoms with Gasteiger partial charge in [0, 0.05) is 11.4 Å². The number of aromatic nitrogens is 3. The lowest BCUT2D eigenvalue weighted by molar-refractivity contribution is 0.602. The van der Waals surface area contributed by atoms with E-state index in [0.29, 0.717) is 6.42 Å². The number of hydrogen-bond donors (Lipinski definition) is 0. The normalized spacial score (nSPS) is 14.3. The lowest BCUT2D eigenvalue weighted by Gasteiger charge is -2.27. The second-order valence-electron chi connectivity index (χ2n) is 4.21. The van der Waals surface area contributed by atoms with Gasteiger partial charge in [-0.05, 0) is 29.9 Å². The lowest BCUT2D eigenvalue weighted by atomic mass is 10.1. The van der Waals surface area contributed by atoms with E-state index in [9.17, 15) is 0 Å². The summed E-state index contributed by atoms with van der Waals surface area (Å²) in [6.07, 6.45) is 5.08. The molecule has 0 fully saturated rings. The van der Waals surface area contributed by atoms with E-state index >= 15 is 0 Å². The third-order valence-corrected chi connectivity index (χ3v) is 4.99. The molecule has 1 unspecified atom stereocenters. The summed E-state index contributed by atoms with van der Waals surface area (Å²) in [6.45, 7) is 2.14. The molecule has 0 saturated heterocycles. The fraction of sp³-hybridized carbons (Fsp3) is 0.385. The highest BCUT2D eigenvalue weighted by Gasteiger charge is 2.30. The van der Waals surface area contributed by atoms with E-state index in [0.717, 1.165) is 22.8 Å². The number of rotatable bonds is 6. The van der Waals surface area contributed by atoms with Gasteiger partial charge in [-0.2, -0.15) is 0 Å². The maximum absolute atomic E-state index is 6.77. The average molecular weight is 316 g/mol. The molecule has 0 N–H and O–H groups in total. The van der Waals surface area contributed by atoms with E-state index in [-0.39, 0.29) is 0 Å². The van der Waals surface area contributed by atoms with Crippen LogP contribution in [0.25, 0.3) is 0 Å². The highest BCUT2D eigenvalue weighted by Crippen LogP contribution is 2.39. The van der Waals surface area contributed by atoms with Crippen molar-refractivity contribution in [2.45, 2.75) is 24.1 Å². The first-order valence-electron chi connectivity index (χ1n) is 6.06. The molecule has 1 heterocycles. The van der Waals surface area contributed by atoms with Gasteiger partial charge in [-0.3, -0.25) is 4.57 Å². The van der Waals surface area contributed by atoms with Crippen molar-refractivity contribution in [1.29, 1.82) is 0 Å². The Morgan fingerprint density at radius 1 is 1.21 bits per heavy atom. The first-order valence-corrected chi connectivity index (χ1v) is 7.80. The second-order valence-corrected chi connectivity index (χ2v) is 6.87. The number of benzene rings is 1. The molecule has 0 spiro atoms. The molecule has 0 radical (unpaired) electrons. The minimum absolute atomic E-state index is 0.590. The predicted molar refractivity (Wildman–Crippen MR) is 81.8 cm³/mol. The summed E-state index contributed by atoms with van der Waals surface area (Å²) in [4.78, 5) is 0. The molecule has 19 heavy (non-hydrogen) atoms. The summed E-state index contributed by atoms with van der Waals surface area (Å²) >= 11 is 14.4. The molecule has 2 rings (SSSR count). The van der Waals surface area contributed by atoms with Crippen LogP contribution in [0.5, 0.6) is 0 Å². The Morgan fingerprint density at radius 3 is 2.42 bits per heavy atom. The van der Waals surface area contributed by atoms with Crippen molar-refractivity contribution in [3.05, 3.63) is 47.5 Å². The van der Waals surface area contributed by atoms with E-state index in [2.05, 4.69) is 17.1 Å². The zero-order valence-corrected chi connectivity index (χ0v) is 12.9. The van der Waals surface area contributed by atoms with E-state index < -0.39 is 4.33 Å². The SMILES string of the molecule is CCCSC(Cl)(Cc1ccc(Cl)cc1)n1cnnc1. The molecule has 1 atom stereocenters. The summed E-state index contributed by atoms with van der Waals surface area (Å²) in [5.41, 5.74) is 1.14. The molecule has 102 valence electrons. The minimum atomic E-state index is -0.590. The van der Waals surface area contributed by atoms with Gasteiger partial charge in [0.2, 0.25) is 0 Å². The zero-order chi connectivity index (χ0) is 13.7. The number of alkyl halides is 1. The van der Waals surface area contributed by atoms with Crippen molar-refractivity contribution in [3.63, 3.8) is 0 Å². The zero-order valence-electron chi connectivity index (χ0n) is 10.6. The number of thioether (sulfide) groups is 1. The van der Waals surface area contributed by atoms with Crippen molar-refractivity contribution in [3.8, 4) is 0 Å². The van der Waals surface area contributed by atoms with Gasteiger partial charge >= 0.3 is 0 Å². The van der Waals surface area contributed by atoms with Crippen molar-refractivity contribution >= 4 is 35.0 Å². The van der Waals surface area contributed by atoms with E-state index in [1.807, 2.05) is 28.8 Å². The van der Waals surface area contributed by atoms with Gasteiger partial charge < -0.3 is 0 Å².